The van der Waals surface area contributed by atoms with Gasteiger partial charge in [-0.3, -0.25) is 9.69 Å². The molecule has 1 rings (SSSR count). The van der Waals surface area contributed by atoms with E-state index in [2.05, 4.69) is 11.9 Å². The number of nitrogens with one attached hydrogen (secondary N) is 1. The molecule has 20 heavy (non-hydrogen) atoms. The molecule has 0 radical (unpaired) electrons. The van der Waals surface area contributed by atoms with E-state index in [0.29, 0.717) is 22.8 Å². The molecule has 0 aliphatic rings. The van der Waals surface area contributed by atoms with Gasteiger partial charge in [0.1, 0.15) is 6.07 Å². The number of carbonyl (C=O) groups excluding carboxylic acids is 1. The second kappa shape index (κ2) is 7.68. The van der Waals surface area contributed by atoms with Crippen LogP contribution in [0.3, 0.4) is 0 Å². The zero-order valence-corrected chi connectivity index (χ0v) is 12.5. The Morgan fingerprint density at radius 1 is 1.50 bits per heavy atom. The van der Waals surface area contributed by atoms with Crippen LogP contribution in [0.4, 0.5) is 5.69 Å². The average Bonchev–Trinajstić information content (AvgIpc) is 2.37. The first-order valence-corrected chi connectivity index (χ1v) is 6.70. The summed E-state index contributed by atoms with van der Waals surface area (Å²) in [5.41, 5.74) is 1.84. The summed E-state index contributed by atoms with van der Waals surface area (Å²) < 4.78 is 0. The van der Waals surface area contributed by atoms with Gasteiger partial charge in [0.05, 0.1) is 17.8 Å². The molecule has 0 aliphatic carbocycles. The van der Waals surface area contributed by atoms with E-state index in [0.717, 1.165) is 12.1 Å². The Kier molecular flexibility index (Phi) is 6.23. The van der Waals surface area contributed by atoms with Gasteiger partial charge in [-0.25, -0.2) is 0 Å². The Bertz CT molecular complexity index is 549. The summed E-state index contributed by atoms with van der Waals surface area (Å²) in [6.07, 6.45) is 0. The maximum Gasteiger partial charge on any atom is 0.238 e. The van der Waals surface area contributed by atoms with Gasteiger partial charge in [-0.15, -0.1) is 0 Å². The Balaban J connectivity index is 2.73. The van der Waals surface area contributed by atoms with E-state index >= 15 is 0 Å². The third kappa shape index (κ3) is 5.04. The van der Waals surface area contributed by atoms with Crippen LogP contribution in [0, 0.1) is 11.3 Å². The highest BCUT2D eigenvalue weighted by atomic mass is 35.5. The third-order valence-electron chi connectivity index (χ3n) is 2.68. The first kappa shape index (κ1) is 16.2. The first-order valence-electron chi connectivity index (χ1n) is 6.32. The van der Waals surface area contributed by atoms with E-state index < -0.39 is 0 Å². The van der Waals surface area contributed by atoms with Crippen LogP contribution in [0.1, 0.15) is 19.4 Å². The van der Waals surface area contributed by atoms with Gasteiger partial charge >= 0.3 is 0 Å². The lowest BCUT2D eigenvalue weighted by Gasteiger charge is -2.20. The van der Waals surface area contributed by atoms with Crippen LogP contribution in [0.25, 0.3) is 0 Å². The molecule has 106 valence electrons. The fourth-order valence-corrected chi connectivity index (χ4v) is 1.94. The zero-order valence-electron chi connectivity index (χ0n) is 11.7. The van der Waals surface area contributed by atoms with Crippen LogP contribution in [0.2, 0.25) is 5.02 Å². The number of amides is 1. The quantitative estimate of drug-likeness (QED) is 0.820. The molecule has 0 unspecified atom stereocenters. The van der Waals surface area contributed by atoms with E-state index in [1.165, 1.54) is 0 Å². The molecule has 0 saturated carbocycles. The molecule has 0 saturated heterocycles. The standard InChI is InChI=1S/C15H18ClN3O/c1-4-19(9-11(2)3)10-15(20)18-14-7-13(16)6-5-12(14)8-17/h5-7H,2,4,9-10H2,1,3H3,(H,18,20). The number of rotatable bonds is 6. The fraction of sp³-hybridized carbons (Fsp3) is 0.333. The van der Waals surface area contributed by atoms with Crippen LogP contribution in [0.15, 0.2) is 30.4 Å². The maximum atomic E-state index is 12.0. The SMILES string of the molecule is C=C(C)CN(CC)CC(=O)Nc1cc(Cl)ccc1C#N. The number of likely N-dealkylation sites (N-methyl/N-ethyl adjacent to an activating group) is 1. The van der Waals surface area contributed by atoms with Crippen LogP contribution >= 0.6 is 11.6 Å². The number of halogens is 1. The van der Waals surface area contributed by atoms with Crippen molar-refractivity contribution in [1.82, 2.24) is 4.90 Å². The van der Waals surface area contributed by atoms with Crippen molar-refractivity contribution in [2.24, 2.45) is 0 Å². The molecule has 0 heterocycles. The highest BCUT2D eigenvalue weighted by Crippen LogP contribution is 2.20. The molecule has 0 bridgehead atoms. The second-order valence-corrected chi connectivity index (χ2v) is 5.05. The van der Waals surface area contributed by atoms with Gasteiger partial charge in [-0.2, -0.15) is 5.26 Å². The predicted octanol–water partition coefficient (Wildman–Crippen LogP) is 3.05. The molecule has 1 aromatic rings. The Hall–Kier alpha value is -1.83. The summed E-state index contributed by atoms with van der Waals surface area (Å²) in [6.45, 7) is 9.42. The number of hydrogen-bond acceptors (Lipinski definition) is 3. The summed E-state index contributed by atoms with van der Waals surface area (Å²) in [5, 5.41) is 12.2. The normalized spacial score (nSPS) is 10.2. The highest BCUT2D eigenvalue weighted by molar-refractivity contribution is 6.31. The summed E-state index contributed by atoms with van der Waals surface area (Å²) >= 11 is 5.88. The average molecular weight is 292 g/mol. The van der Waals surface area contributed by atoms with Crippen LogP contribution < -0.4 is 5.32 Å². The van der Waals surface area contributed by atoms with Crippen molar-refractivity contribution in [3.8, 4) is 6.07 Å². The minimum atomic E-state index is -0.174. The smallest absolute Gasteiger partial charge is 0.238 e. The number of nitriles is 1. The van der Waals surface area contributed by atoms with Crippen molar-refractivity contribution in [2.45, 2.75) is 13.8 Å². The minimum Gasteiger partial charge on any atom is -0.324 e. The number of nitrogens with zero attached hydrogens (tertiary/aromatic N) is 2. The molecular formula is C15H18ClN3O. The van der Waals surface area contributed by atoms with Gasteiger partial charge in [0.25, 0.3) is 0 Å². The van der Waals surface area contributed by atoms with Crippen LogP contribution in [-0.2, 0) is 4.79 Å². The largest absolute Gasteiger partial charge is 0.324 e. The molecule has 0 aromatic heterocycles. The monoisotopic (exact) mass is 291 g/mol. The molecule has 0 aliphatic heterocycles. The van der Waals surface area contributed by atoms with Gasteiger partial charge < -0.3 is 5.32 Å². The van der Waals surface area contributed by atoms with E-state index in [-0.39, 0.29) is 12.5 Å². The number of anilines is 1. The molecule has 0 atom stereocenters. The van der Waals surface area contributed by atoms with Gasteiger partial charge in [-0.05, 0) is 31.7 Å². The van der Waals surface area contributed by atoms with Gasteiger partial charge in [0.2, 0.25) is 5.91 Å². The summed E-state index contributed by atoms with van der Waals surface area (Å²) in [4.78, 5) is 14.0. The van der Waals surface area contributed by atoms with Crippen LogP contribution in [0.5, 0.6) is 0 Å². The van der Waals surface area contributed by atoms with Gasteiger partial charge in [0, 0.05) is 11.6 Å². The minimum absolute atomic E-state index is 0.174. The van der Waals surface area contributed by atoms with Crippen molar-refractivity contribution in [1.29, 1.82) is 5.26 Å². The molecule has 5 heteroatoms. The lowest BCUT2D eigenvalue weighted by Crippen LogP contribution is -2.34. The van der Waals surface area contributed by atoms with E-state index in [9.17, 15) is 4.79 Å². The van der Waals surface area contributed by atoms with Crippen molar-refractivity contribution >= 4 is 23.2 Å². The first-order chi connectivity index (χ1) is 9.46. The van der Waals surface area contributed by atoms with Crippen molar-refractivity contribution in [2.75, 3.05) is 25.0 Å². The number of benzene rings is 1. The molecule has 1 N–H and O–H groups in total. The highest BCUT2D eigenvalue weighted by Gasteiger charge is 2.11. The van der Waals surface area contributed by atoms with Crippen LogP contribution in [-0.4, -0.2) is 30.4 Å². The second-order valence-electron chi connectivity index (χ2n) is 4.61. The van der Waals surface area contributed by atoms with E-state index in [4.69, 9.17) is 16.9 Å². The fourth-order valence-electron chi connectivity index (χ4n) is 1.77. The lowest BCUT2D eigenvalue weighted by molar-refractivity contribution is -0.117. The van der Waals surface area contributed by atoms with E-state index in [1.807, 2.05) is 24.8 Å². The summed E-state index contributed by atoms with van der Waals surface area (Å²) in [7, 11) is 0. The third-order valence-corrected chi connectivity index (χ3v) is 2.92. The summed E-state index contributed by atoms with van der Waals surface area (Å²) in [6, 6.07) is 6.81. The maximum absolute atomic E-state index is 12.0. The molecule has 4 nitrogen and oxygen atoms in total. The molecule has 0 spiro atoms. The molecular weight excluding hydrogens is 274 g/mol. The van der Waals surface area contributed by atoms with Gasteiger partial charge in [0.15, 0.2) is 0 Å². The van der Waals surface area contributed by atoms with Crippen molar-refractivity contribution in [3.05, 3.63) is 40.9 Å². The topological polar surface area (TPSA) is 56.1 Å². The van der Waals surface area contributed by atoms with Gasteiger partial charge in [-0.1, -0.05) is 30.7 Å². The predicted molar refractivity (Wildman–Crippen MR) is 81.7 cm³/mol. The lowest BCUT2D eigenvalue weighted by atomic mass is 10.2. The number of carbonyl (C=O) groups is 1. The van der Waals surface area contributed by atoms with Crippen molar-refractivity contribution < 1.29 is 4.79 Å². The Morgan fingerprint density at radius 3 is 2.75 bits per heavy atom. The van der Waals surface area contributed by atoms with Crippen molar-refractivity contribution in [3.63, 3.8) is 0 Å². The summed E-state index contributed by atoms with van der Waals surface area (Å²) in [5.74, 6) is -0.174. The Morgan fingerprint density at radius 2 is 2.20 bits per heavy atom. The number of hydrogen-bond donors (Lipinski definition) is 1. The Labute approximate surface area is 124 Å². The zero-order chi connectivity index (χ0) is 15.1. The van der Waals surface area contributed by atoms with E-state index in [1.54, 1.807) is 18.2 Å². The molecule has 0 fully saturated rings. The molecule has 1 aromatic carbocycles. The molecule has 1 amide bonds.